The van der Waals surface area contributed by atoms with Crippen LogP contribution in [-0.2, 0) is 6.61 Å². The number of rotatable bonds is 3. The van der Waals surface area contributed by atoms with E-state index in [0.717, 1.165) is 21.4 Å². The minimum absolute atomic E-state index is 0.223. The van der Waals surface area contributed by atoms with Gasteiger partial charge in [0.2, 0.25) is 0 Å². The molecule has 0 amide bonds. The Morgan fingerprint density at radius 1 is 1.11 bits per heavy atom. The van der Waals surface area contributed by atoms with Gasteiger partial charge in [-0.15, -0.1) is 11.3 Å². The zero-order valence-corrected chi connectivity index (χ0v) is 11.5. The van der Waals surface area contributed by atoms with Crippen LogP contribution in [0.25, 0.3) is 10.1 Å². The van der Waals surface area contributed by atoms with E-state index in [1.807, 2.05) is 17.5 Å². The molecule has 1 nitrogen and oxygen atoms in total. The molecule has 2 aromatic carbocycles. The first-order valence-electron chi connectivity index (χ1n) is 5.76. The van der Waals surface area contributed by atoms with Crippen molar-refractivity contribution in [1.29, 1.82) is 0 Å². The number of halogens is 2. The molecule has 0 unspecified atom stereocenters. The summed E-state index contributed by atoms with van der Waals surface area (Å²) in [6.45, 7) is 0.422. The molecule has 0 saturated heterocycles. The zero-order chi connectivity index (χ0) is 13.2. The SMILES string of the molecule is Fc1ccc2scc(COc3ccc(Cl)cc3)c2c1. The second-order valence-electron chi connectivity index (χ2n) is 4.14. The fourth-order valence-corrected chi connectivity index (χ4v) is 2.91. The van der Waals surface area contributed by atoms with Gasteiger partial charge in [-0.25, -0.2) is 4.39 Å². The molecule has 3 aromatic rings. The third-order valence-electron chi connectivity index (χ3n) is 2.82. The Balaban J connectivity index is 1.81. The second kappa shape index (κ2) is 5.19. The molecule has 0 aliphatic rings. The van der Waals surface area contributed by atoms with Crippen molar-refractivity contribution in [3.8, 4) is 5.75 Å². The molecule has 0 aliphatic carbocycles. The molecule has 0 fully saturated rings. The van der Waals surface area contributed by atoms with Gasteiger partial charge in [0.25, 0.3) is 0 Å². The van der Waals surface area contributed by atoms with Crippen molar-refractivity contribution in [3.63, 3.8) is 0 Å². The molecule has 96 valence electrons. The number of fused-ring (bicyclic) bond motifs is 1. The van der Waals surface area contributed by atoms with E-state index in [9.17, 15) is 4.39 Å². The van der Waals surface area contributed by atoms with Crippen LogP contribution in [0.5, 0.6) is 5.75 Å². The molecular formula is C15H10ClFOS. The zero-order valence-electron chi connectivity index (χ0n) is 9.90. The number of hydrogen-bond acceptors (Lipinski definition) is 2. The molecule has 1 aromatic heterocycles. The summed E-state index contributed by atoms with van der Waals surface area (Å²) in [5.41, 5.74) is 0.995. The molecule has 0 aliphatic heterocycles. The third kappa shape index (κ3) is 2.72. The van der Waals surface area contributed by atoms with Gasteiger partial charge in [0, 0.05) is 20.7 Å². The van der Waals surface area contributed by atoms with Crippen LogP contribution >= 0.6 is 22.9 Å². The topological polar surface area (TPSA) is 9.23 Å². The summed E-state index contributed by atoms with van der Waals surface area (Å²) in [4.78, 5) is 0. The highest BCUT2D eigenvalue weighted by molar-refractivity contribution is 7.17. The first kappa shape index (κ1) is 12.5. The molecule has 0 atom stereocenters. The number of ether oxygens (including phenoxy) is 1. The Labute approximate surface area is 119 Å². The van der Waals surface area contributed by atoms with Crippen LogP contribution in [0.3, 0.4) is 0 Å². The van der Waals surface area contributed by atoms with E-state index in [4.69, 9.17) is 16.3 Å². The van der Waals surface area contributed by atoms with Crippen LogP contribution in [0.1, 0.15) is 5.56 Å². The predicted octanol–water partition coefficient (Wildman–Crippen LogP) is 5.27. The quantitative estimate of drug-likeness (QED) is 0.639. The van der Waals surface area contributed by atoms with Gasteiger partial charge in [-0.3, -0.25) is 0 Å². The van der Waals surface area contributed by atoms with Gasteiger partial charge >= 0.3 is 0 Å². The lowest BCUT2D eigenvalue weighted by atomic mass is 10.2. The van der Waals surface area contributed by atoms with Crippen molar-refractivity contribution in [2.24, 2.45) is 0 Å². The molecule has 3 rings (SSSR count). The summed E-state index contributed by atoms with van der Waals surface area (Å²) in [5, 5.41) is 3.59. The van der Waals surface area contributed by atoms with Gasteiger partial charge in [-0.05, 0) is 47.8 Å². The summed E-state index contributed by atoms with van der Waals surface area (Å²) in [7, 11) is 0. The van der Waals surface area contributed by atoms with Gasteiger partial charge in [0.05, 0.1) is 0 Å². The Hall–Kier alpha value is -1.58. The van der Waals surface area contributed by atoms with Gasteiger partial charge in [0.15, 0.2) is 0 Å². The maximum atomic E-state index is 13.3. The van der Waals surface area contributed by atoms with Crippen molar-refractivity contribution in [2.45, 2.75) is 6.61 Å². The molecule has 0 saturated carbocycles. The average Bonchev–Trinajstić information content (AvgIpc) is 2.80. The number of benzene rings is 2. The van der Waals surface area contributed by atoms with Crippen LogP contribution in [-0.4, -0.2) is 0 Å². The van der Waals surface area contributed by atoms with Crippen molar-refractivity contribution >= 4 is 33.0 Å². The van der Waals surface area contributed by atoms with Crippen molar-refractivity contribution in [3.05, 3.63) is 64.2 Å². The summed E-state index contributed by atoms with van der Waals surface area (Å²) in [5.74, 6) is 0.527. The van der Waals surface area contributed by atoms with Gasteiger partial charge in [-0.2, -0.15) is 0 Å². The largest absolute Gasteiger partial charge is 0.489 e. The van der Waals surface area contributed by atoms with E-state index in [2.05, 4.69) is 0 Å². The number of hydrogen-bond donors (Lipinski definition) is 0. The molecule has 0 bridgehead atoms. The van der Waals surface area contributed by atoms with Crippen LogP contribution < -0.4 is 4.74 Å². The van der Waals surface area contributed by atoms with Crippen LogP contribution in [0.15, 0.2) is 47.8 Å². The third-order valence-corrected chi connectivity index (χ3v) is 4.09. The summed E-state index contributed by atoms with van der Waals surface area (Å²) >= 11 is 7.40. The summed E-state index contributed by atoms with van der Waals surface area (Å²) < 4.78 is 20.0. The van der Waals surface area contributed by atoms with Crippen molar-refractivity contribution in [1.82, 2.24) is 0 Å². The van der Waals surface area contributed by atoms with E-state index >= 15 is 0 Å². The van der Waals surface area contributed by atoms with E-state index < -0.39 is 0 Å². The molecule has 4 heteroatoms. The lowest BCUT2D eigenvalue weighted by molar-refractivity contribution is 0.308. The first-order chi connectivity index (χ1) is 9.22. The van der Waals surface area contributed by atoms with E-state index in [1.165, 1.54) is 6.07 Å². The number of thiophene rings is 1. The maximum Gasteiger partial charge on any atom is 0.123 e. The van der Waals surface area contributed by atoms with Gasteiger partial charge < -0.3 is 4.74 Å². The van der Waals surface area contributed by atoms with Crippen LogP contribution in [0, 0.1) is 5.82 Å². The Bertz CT molecular complexity index is 706. The Morgan fingerprint density at radius 2 is 1.89 bits per heavy atom. The van der Waals surface area contributed by atoms with Crippen LogP contribution in [0.4, 0.5) is 4.39 Å². The Kier molecular flexibility index (Phi) is 3.40. The van der Waals surface area contributed by atoms with E-state index in [0.29, 0.717) is 11.6 Å². The minimum atomic E-state index is -0.223. The molecule has 0 spiro atoms. The molecule has 0 radical (unpaired) electrons. The van der Waals surface area contributed by atoms with Crippen LogP contribution in [0.2, 0.25) is 5.02 Å². The molecular weight excluding hydrogens is 283 g/mol. The monoisotopic (exact) mass is 292 g/mol. The second-order valence-corrected chi connectivity index (χ2v) is 5.49. The standard InChI is InChI=1S/C15H10ClFOS/c16-11-1-4-13(5-2-11)18-8-10-9-19-15-6-3-12(17)7-14(10)15/h1-7,9H,8H2. The fraction of sp³-hybridized carbons (Fsp3) is 0.0667. The fourth-order valence-electron chi connectivity index (χ4n) is 1.86. The highest BCUT2D eigenvalue weighted by atomic mass is 35.5. The molecule has 1 heterocycles. The normalized spacial score (nSPS) is 10.8. The Morgan fingerprint density at radius 3 is 2.68 bits per heavy atom. The average molecular weight is 293 g/mol. The molecule has 0 N–H and O–H groups in total. The maximum absolute atomic E-state index is 13.3. The minimum Gasteiger partial charge on any atom is -0.489 e. The van der Waals surface area contributed by atoms with E-state index in [1.54, 1.807) is 35.6 Å². The highest BCUT2D eigenvalue weighted by Crippen LogP contribution is 2.28. The summed E-state index contributed by atoms with van der Waals surface area (Å²) in [6.07, 6.45) is 0. The predicted molar refractivity (Wildman–Crippen MR) is 77.6 cm³/mol. The van der Waals surface area contributed by atoms with Crippen molar-refractivity contribution in [2.75, 3.05) is 0 Å². The van der Waals surface area contributed by atoms with E-state index in [-0.39, 0.29) is 5.82 Å². The smallest absolute Gasteiger partial charge is 0.123 e. The highest BCUT2D eigenvalue weighted by Gasteiger charge is 2.06. The lowest BCUT2D eigenvalue weighted by Gasteiger charge is -2.05. The van der Waals surface area contributed by atoms with Crippen molar-refractivity contribution < 1.29 is 9.13 Å². The summed E-state index contributed by atoms with van der Waals surface area (Å²) in [6, 6.07) is 12.0. The molecule has 19 heavy (non-hydrogen) atoms. The lowest BCUT2D eigenvalue weighted by Crippen LogP contribution is -1.94. The van der Waals surface area contributed by atoms with Gasteiger partial charge in [-0.1, -0.05) is 11.6 Å². The van der Waals surface area contributed by atoms with Gasteiger partial charge in [0.1, 0.15) is 18.2 Å². The first-order valence-corrected chi connectivity index (χ1v) is 7.02.